The Bertz CT molecular complexity index is 466. The number of nitrogens with one attached hydrogen (secondary N) is 1. The predicted octanol–water partition coefficient (Wildman–Crippen LogP) is 2.91. The van der Waals surface area contributed by atoms with Crippen LogP contribution < -0.4 is 5.32 Å². The number of hydrogen-bond donors (Lipinski definition) is 1. The van der Waals surface area contributed by atoms with E-state index < -0.39 is 0 Å². The Kier molecular flexibility index (Phi) is 4.49. The summed E-state index contributed by atoms with van der Waals surface area (Å²) in [6.07, 6.45) is 0.207. The molecular weight excluding hydrogens is 224 g/mol. The highest BCUT2D eigenvalue weighted by molar-refractivity contribution is 5.78. The van der Waals surface area contributed by atoms with Gasteiger partial charge in [0.25, 0.3) is 0 Å². The SMILES string of the molecule is Cc1ccccc1C(C#N)CC(=O)NC(C)(C)C. The van der Waals surface area contributed by atoms with Gasteiger partial charge in [0.1, 0.15) is 0 Å². The van der Waals surface area contributed by atoms with Gasteiger partial charge in [0.2, 0.25) is 5.91 Å². The molecule has 0 fully saturated rings. The molecular formula is C15H20N2O. The average Bonchev–Trinajstić information content (AvgIpc) is 2.24. The Morgan fingerprint density at radius 2 is 2.00 bits per heavy atom. The van der Waals surface area contributed by atoms with Crippen LogP contribution in [-0.4, -0.2) is 11.4 Å². The van der Waals surface area contributed by atoms with Gasteiger partial charge in [0.15, 0.2) is 0 Å². The molecule has 0 radical (unpaired) electrons. The molecule has 1 aromatic carbocycles. The maximum atomic E-state index is 11.9. The molecule has 0 heterocycles. The molecule has 0 aromatic heterocycles. The van der Waals surface area contributed by atoms with Crippen LogP contribution in [0, 0.1) is 18.3 Å². The van der Waals surface area contributed by atoms with Crippen LogP contribution in [0.3, 0.4) is 0 Å². The number of nitriles is 1. The zero-order valence-corrected chi connectivity index (χ0v) is 11.4. The quantitative estimate of drug-likeness (QED) is 0.888. The van der Waals surface area contributed by atoms with Gasteiger partial charge in [-0.3, -0.25) is 4.79 Å². The molecule has 1 unspecified atom stereocenters. The maximum Gasteiger partial charge on any atom is 0.222 e. The summed E-state index contributed by atoms with van der Waals surface area (Å²) >= 11 is 0. The summed E-state index contributed by atoms with van der Waals surface area (Å²) in [5.74, 6) is -0.467. The minimum Gasteiger partial charge on any atom is -0.351 e. The summed E-state index contributed by atoms with van der Waals surface area (Å²) in [4.78, 5) is 11.9. The minimum absolute atomic E-state index is 0.0858. The molecule has 1 atom stereocenters. The van der Waals surface area contributed by atoms with E-state index in [-0.39, 0.29) is 23.8 Å². The van der Waals surface area contributed by atoms with Gasteiger partial charge in [-0.25, -0.2) is 0 Å². The van der Waals surface area contributed by atoms with E-state index in [1.807, 2.05) is 52.0 Å². The first-order chi connectivity index (χ1) is 8.33. The smallest absolute Gasteiger partial charge is 0.222 e. The third-order valence-electron chi connectivity index (χ3n) is 2.62. The second kappa shape index (κ2) is 5.68. The molecule has 0 aliphatic carbocycles. The molecule has 0 spiro atoms. The molecule has 18 heavy (non-hydrogen) atoms. The maximum absolute atomic E-state index is 11.9. The van der Waals surface area contributed by atoms with Crippen molar-refractivity contribution in [1.82, 2.24) is 5.32 Å². The molecule has 0 aliphatic rings. The topological polar surface area (TPSA) is 52.9 Å². The van der Waals surface area contributed by atoms with Crippen LogP contribution in [0.4, 0.5) is 0 Å². The molecule has 1 aromatic rings. The lowest BCUT2D eigenvalue weighted by atomic mass is 9.92. The van der Waals surface area contributed by atoms with Gasteiger partial charge < -0.3 is 5.32 Å². The first kappa shape index (κ1) is 14.2. The van der Waals surface area contributed by atoms with Crippen molar-refractivity contribution in [2.75, 3.05) is 0 Å². The van der Waals surface area contributed by atoms with Crippen molar-refractivity contribution in [3.05, 3.63) is 35.4 Å². The predicted molar refractivity (Wildman–Crippen MR) is 72.0 cm³/mol. The highest BCUT2D eigenvalue weighted by Crippen LogP contribution is 2.22. The van der Waals surface area contributed by atoms with Crippen molar-refractivity contribution in [2.45, 2.75) is 45.6 Å². The molecule has 3 heteroatoms. The summed E-state index contributed by atoms with van der Waals surface area (Å²) in [7, 11) is 0. The third kappa shape index (κ3) is 4.21. The number of carbonyl (C=O) groups is 1. The Labute approximate surface area is 109 Å². The van der Waals surface area contributed by atoms with Crippen molar-refractivity contribution in [1.29, 1.82) is 5.26 Å². The number of hydrogen-bond acceptors (Lipinski definition) is 2. The molecule has 1 amide bonds. The second-order valence-electron chi connectivity index (χ2n) is 5.54. The molecule has 0 saturated carbocycles. The normalized spacial score (nSPS) is 12.6. The van der Waals surface area contributed by atoms with Crippen LogP contribution >= 0.6 is 0 Å². The van der Waals surface area contributed by atoms with Crippen LogP contribution in [0.15, 0.2) is 24.3 Å². The van der Waals surface area contributed by atoms with Crippen LogP contribution in [0.5, 0.6) is 0 Å². The lowest BCUT2D eigenvalue weighted by Gasteiger charge is -2.21. The van der Waals surface area contributed by atoms with Gasteiger partial charge in [0.05, 0.1) is 12.0 Å². The number of rotatable bonds is 3. The zero-order chi connectivity index (χ0) is 13.8. The fourth-order valence-electron chi connectivity index (χ4n) is 1.86. The van der Waals surface area contributed by atoms with Crippen molar-refractivity contribution in [2.24, 2.45) is 0 Å². The van der Waals surface area contributed by atoms with Gasteiger partial charge in [-0.2, -0.15) is 5.26 Å². The Hall–Kier alpha value is -1.82. The van der Waals surface area contributed by atoms with E-state index in [1.165, 1.54) is 0 Å². The lowest BCUT2D eigenvalue weighted by Crippen LogP contribution is -2.41. The Morgan fingerprint density at radius 3 is 2.50 bits per heavy atom. The highest BCUT2D eigenvalue weighted by Gasteiger charge is 2.20. The number of carbonyl (C=O) groups excluding carboxylic acids is 1. The first-order valence-corrected chi connectivity index (χ1v) is 6.09. The third-order valence-corrected chi connectivity index (χ3v) is 2.62. The van der Waals surface area contributed by atoms with Gasteiger partial charge in [-0.1, -0.05) is 24.3 Å². The monoisotopic (exact) mass is 244 g/mol. The summed E-state index contributed by atoms with van der Waals surface area (Å²) in [6, 6.07) is 9.92. The summed E-state index contributed by atoms with van der Waals surface area (Å²) in [5.41, 5.74) is 1.72. The minimum atomic E-state index is -0.381. The lowest BCUT2D eigenvalue weighted by molar-refractivity contribution is -0.122. The van der Waals surface area contributed by atoms with E-state index in [2.05, 4.69) is 11.4 Å². The van der Waals surface area contributed by atoms with Crippen LogP contribution in [0.1, 0.15) is 44.2 Å². The molecule has 96 valence electrons. The summed E-state index contributed by atoms with van der Waals surface area (Å²) < 4.78 is 0. The van der Waals surface area contributed by atoms with Gasteiger partial charge >= 0.3 is 0 Å². The van der Waals surface area contributed by atoms with E-state index in [1.54, 1.807) is 0 Å². The summed E-state index contributed by atoms with van der Waals surface area (Å²) in [5, 5.41) is 12.1. The average molecular weight is 244 g/mol. The molecule has 3 nitrogen and oxygen atoms in total. The Morgan fingerprint density at radius 1 is 1.39 bits per heavy atom. The second-order valence-corrected chi connectivity index (χ2v) is 5.54. The van der Waals surface area contributed by atoms with Gasteiger partial charge in [-0.15, -0.1) is 0 Å². The molecule has 1 rings (SSSR count). The Balaban J connectivity index is 2.79. The van der Waals surface area contributed by atoms with Crippen LogP contribution in [-0.2, 0) is 4.79 Å². The number of benzene rings is 1. The fraction of sp³-hybridized carbons (Fsp3) is 0.467. The van der Waals surface area contributed by atoms with Crippen LogP contribution in [0.2, 0.25) is 0 Å². The van der Waals surface area contributed by atoms with E-state index in [4.69, 9.17) is 0 Å². The number of aryl methyl sites for hydroxylation is 1. The van der Waals surface area contributed by atoms with E-state index in [0.29, 0.717) is 0 Å². The molecule has 0 bridgehead atoms. The summed E-state index contributed by atoms with van der Waals surface area (Å²) in [6.45, 7) is 7.75. The molecule has 0 aliphatic heterocycles. The molecule has 0 saturated heterocycles. The number of amides is 1. The fourth-order valence-corrected chi connectivity index (χ4v) is 1.86. The van der Waals surface area contributed by atoms with Crippen molar-refractivity contribution in [3.63, 3.8) is 0 Å². The van der Waals surface area contributed by atoms with Gasteiger partial charge in [-0.05, 0) is 38.8 Å². The number of nitrogens with zero attached hydrogens (tertiary/aromatic N) is 1. The largest absolute Gasteiger partial charge is 0.351 e. The molecule has 1 N–H and O–H groups in total. The van der Waals surface area contributed by atoms with Crippen molar-refractivity contribution < 1.29 is 4.79 Å². The standard InChI is InChI=1S/C15H20N2O/c1-11-7-5-6-8-13(11)12(10-16)9-14(18)17-15(2,3)4/h5-8,12H,9H2,1-4H3,(H,17,18). The van der Waals surface area contributed by atoms with Crippen molar-refractivity contribution in [3.8, 4) is 6.07 Å². The zero-order valence-electron chi connectivity index (χ0n) is 11.4. The van der Waals surface area contributed by atoms with Crippen LogP contribution in [0.25, 0.3) is 0 Å². The highest BCUT2D eigenvalue weighted by atomic mass is 16.1. The van der Waals surface area contributed by atoms with Gasteiger partial charge in [0, 0.05) is 12.0 Å². The van der Waals surface area contributed by atoms with Crippen molar-refractivity contribution >= 4 is 5.91 Å². The van der Waals surface area contributed by atoms with E-state index >= 15 is 0 Å². The van der Waals surface area contributed by atoms with E-state index in [9.17, 15) is 10.1 Å². The van der Waals surface area contributed by atoms with E-state index in [0.717, 1.165) is 11.1 Å². The first-order valence-electron chi connectivity index (χ1n) is 6.09.